The van der Waals surface area contributed by atoms with Crippen LogP contribution in [0.4, 0.5) is 4.79 Å². The minimum Gasteiger partial charge on any atom is -0.489 e. The number of benzene rings is 2. The number of piperazine rings is 1. The van der Waals surface area contributed by atoms with Gasteiger partial charge in [0.25, 0.3) is 0 Å². The Balaban J connectivity index is 1.63. The first-order valence-electron chi connectivity index (χ1n) is 9.85. The Bertz CT molecular complexity index is 828. The molecule has 0 saturated carbocycles. The summed E-state index contributed by atoms with van der Waals surface area (Å²) in [7, 11) is 0. The molecule has 0 spiro atoms. The molecule has 1 heterocycles. The maximum absolute atomic E-state index is 12.5. The van der Waals surface area contributed by atoms with Crippen molar-refractivity contribution in [3.8, 4) is 5.75 Å². The normalized spacial score (nSPS) is 16.9. The Kier molecular flexibility index (Phi) is 6.42. The lowest BCUT2D eigenvalue weighted by molar-refractivity contribution is -0.128. The fourth-order valence-corrected chi connectivity index (χ4v) is 3.14. The quantitative estimate of drug-likeness (QED) is 0.839. The number of carbonyl (C=O) groups is 2. The molecule has 6 nitrogen and oxygen atoms in total. The molecule has 154 valence electrons. The molecule has 1 unspecified atom stereocenters. The number of hydrogen-bond donors (Lipinski definition) is 1. The minimum absolute atomic E-state index is 0.161. The van der Waals surface area contributed by atoms with Crippen molar-refractivity contribution in [1.29, 1.82) is 0 Å². The molecule has 6 heteroatoms. The molecule has 29 heavy (non-hydrogen) atoms. The van der Waals surface area contributed by atoms with Gasteiger partial charge in [0, 0.05) is 19.5 Å². The number of amides is 2. The third-order valence-electron chi connectivity index (χ3n) is 4.56. The first-order valence-corrected chi connectivity index (χ1v) is 9.85. The largest absolute Gasteiger partial charge is 0.489 e. The maximum Gasteiger partial charge on any atom is 0.411 e. The number of ether oxygens (including phenoxy) is 2. The predicted molar refractivity (Wildman–Crippen MR) is 111 cm³/mol. The van der Waals surface area contributed by atoms with Gasteiger partial charge in [0.2, 0.25) is 5.91 Å². The third-order valence-corrected chi connectivity index (χ3v) is 4.56. The van der Waals surface area contributed by atoms with Gasteiger partial charge in [-0.15, -0.1) is 0 Å². The van der Waals surface area contributed by atoms with Gasteiger partial charge in [-0.25, -0.2) is 4.79 Å². The van der Waals surface area contributed by atoms with Gasteiger partial charge < -0.3 is 14.8 Å². The highest BCUT2D eigenvalue weighted by Gasteiger charge is 2.35. The lowest BCUT2D eigenvalue weighted by Gasteiger charge is -2.36. The highest BCUT2D eigenvalue weighted by Crippen LogP contribution is 2.19. The van der Waals surface area contributed by atoms with Gasteiger partial charge in [0.1, 0.15) is 24.0 Å². The van der Waals surface area contributed by atoms with E-state index in [0.29, 0.717) is 26.1 Å². The monoisotopic (exact) mass is 396 g/mol. The molecule has 2 aromatic rings. The number of nitrogens with one attached hydrogen (secondary N) is 1. The average Bonchev–Trinajstić information content (AvgIpc) is 2.68. The Labute approximate surface area is 171 Å². The van der Waals surface area contributed by atoms with E-state index in [1.54, 1.807) is 0 Å². The summed E-state index contributed by atoms with van der Waals surface area (Å²) in [6, 6.07) is 17.0. The topological polar surface area (TPSA) is 67.9 Å². The Morgan fingerprint density at radius 1 is 1.07 bits per heavy atom. The van der Waals surface area contributed by atoms with Crippen molar-refractivity contribution in [2.24, 2.45) is 0 Å². The maximum atomic E-state index is 12.5. The first kappa shape index (κ1) is 20.7. The van der Waals surface area contributed by atoms with Gasteiger partial charge in [-0.1, -0.05) is 42.5 Å². The van der Waals surface area contributed by atoms with Gasteiger partial charge >= 0.3 is 6.09 Å². The molecule has 1 saturated heterocycles. The van der Waals surface area contributed by atoms with Crippen molar-refractivity contribution in [1.82, 2.24) is 10.2 Å². The molecule has 0 bridgehead atoms. The summed E-state index contributed by atoms with van der Waals surface area (Å²) in [4.78, 5) is 26.5. The average molecular weight is 396 g/mol. The lowest BCUT2D eigenvalue weighted by Crippen LogP contribution is -2.58. The first-order chi connectivity index (χ1) is 13.8. The van der Waals surface area contributed by atoms with Gasteiger partial charge in [0.15, 0.2) is 0 Å². The molecule has 1 atom stereocenters. The zero-order valence-corrected chi connectivity index (χ0v) is 17.2. The highest BCUT2D eigenvalue weighted by atomic mass is 16.6. The second kappa shape index (κ2) is 8.99. The molecular formula is C23H28N2O4. The van der Waals surface area contributed by atoms with Crippen LogP contribution in [0.3, 0.4) is 0 Å². The number of hydrogen-bond acceptors (Lipinski definition) is 4. The van der Waals surface area contributed by atoms with Gasteiger partial charge in [-0.2, -0.15) is 0 Å². The molecule has 2 amide bonds. The predicted octanol–water partition coefficient (Wildman–Crippen LogP) is 3.54. The fraction of sp³-hybridized carbons (Fsp3) is 0.391. The number of carbonyl (C=O) groups excluding carboxylic acids is 2. The summed E-state index contributed by atoms with van der Waals surface area (Å²) in [5, 5.41) is 2.84. The van der Waals surface area contributed by atoms with Crippen LogP contribution >= 0.6 is 0 Å². The van der Waals surface area contributed by atoms with Gasteiger partial charge in [0.05, 0.1) is 0 Å². The van der Waals surface area contributed by atoms with E-state index in [-0.39, 0.29) is 5.91 Å². The van der Waals surface area contributed by atoms with Crippen molar-refractivity contribution in [3.05, 3.63) is 65.7 Å². The minimum atomic E-state index is -0.604. The van der Waals surface area contributed by atoms with E-state index in [9.17, 15) is 9.59 Å². The van der Waals surface area contributed by atoms with E-state index in [4.69, 9.17) is 9.47 Å². The highest BCUT2D eigenvalue weighted by molar-refractivity contribution is 5.87. The van der Waals surface area contributed by atoms with Crippen molar-refractivity contribution in [3.63, 3.8) is 0 Å². The standard InChI is InChI=1S/C23H28N2O4/c1-23(2,3)29-22(27)25-14-13-24-21(26)20(25)15-17-9-11-19(12-10-17)28-16-18-7-5-4-6-8-18/h4-12,20H,13-16H2,1-3H3,(H,24,26). The van der Waals surface area contributed by atoms with Crippen LogP contribution < -0.4 is 10.1 Å². The second-order valence-electron chi connectivity index (χ2n) is 8.10. The Hall–Kier alpha value is -3.02. The molecule has 0 aromatic heterocycles. The molecule has 0 aliphatic carbocycles. The molecule has 1 N–H and O–H groups in total. The molecule has 1 aliphatic rings. The second-order valence-corrected chi connectivity index (χ2v) is 8.10. The van der Waals surface area contributed by atoms with Crippen LogP contribution in [-0.2, 0) is 22.6 Å². The van der Waals surface area contributed by atoms with Crippen molar-refractivity contribution >= 4 is 12.0 Å². The van der Waals surface area contributed by atoms with Crippen molar-refractivity contribution < 1.29 is 19.1 Å². The van der Waals surface area contributed by atoms with Crippen LogP contribution in [0.2, 0.25) is 0 Å². The van der Waals surface area contributed by atoms with E-state index in [1.807, 2.05) is 75.4 Å². The molecule has 1 aliphatic heterocycles. The Morgan fingerprint density at radius 3 is 2.41 bits per heavy atom. The summed E-state index contributed by atoms with van der Waals surface area (Å²) < 4.78 is 11.3. The van der Waals surface area contributed by atoms with Crippen molar-refractivity contribution in [2.75, 3.05) is 13.1 Å². The van der Waals surface area contributed by atoms with Crippen molar-refractivity contribution in [2.45, 2.75) is 45.4 Å². The van der Waals surface area contributed by atoms with Crippen LogP contribution in [0.5, 0.6) is 5.75 Å². The summed E-state index contributed by atoms with van der Waals surface area (Å²) in [6.45, 7) is 6.82. The summed E-state index contributed by atoms with van der Waals surface area (Å²) in [5.41, 5.74) is 1.45. The third kappa shape index (κ3) is 5.98. The molecule has 1 fully saturated rings. The molecule has 3 rings (SSSR count). The van der Waals surface area contributed by atoms with Crippen LogP contribution in [-0.4, -0.2) is 41.6 Å². The number of rotatable bonds is 5. The fourth-order valence-electron chi connectivity index (χ4n) is 3.14. The van der Waals surface area contributed by atoms with Crippen LogP contribution in [0, 0.1) is 0 Å². The molecule has 0 radical (unpaired) electrons. The van der Waals surface area contributed by atoms with Crippen LogP contribution in [0.25, 0.3) is 0 Å². The van der Waals surface area contributed by atoms with Gasteiger partial charge in [-0.3, -0.25) is 9.69 Å². The Morgan fingerprint density at radius 2 is 1.76 bits per heavy atom. The SMILES string of the molecule is CC(C)(C)OC(=O)N1CCNC(=O)C1Cc1ccc(OCc2ccccc2)cc1. The van der Waals surface area contributed by atoms with E-state index >= 15 is 0 Å². The summed E-state index contributed by atoms with van der Waals surface area (Å²) in [5.74, 6) is 0.598. The zero-order chi connectivity index (χ0) is 20.9. The van der Waals surface area contributed by atoms with Gasteiger partial charge in [-0.05, 0) is 44.0 Å². The van der Waals surface area contributed by atoms with E-state index < -0.39 is 17.7 Å². The van der Waals surface area contributed by atoms with E-state index in [2.05, 4.69) is 5.32 Å². The van der Waals surface area contributed by atoms with Crippen LogP contribution in [0.15, 0.2) is 54.6 Å². The van der Waals surface area contributed by atoms with Crippen LogP contribution in [0.1, 0.15) is 31.9 Å². The lowest BCUT2D eigenvalue weighted by atomic mass is 10.0. The van der Waals surface area contributed by atoms with E-state index in [0.717, 1.165) is 16.9 Å². The van der Waals surface area contributed by atoms with E-state index in [1.165, 1.54) is 4.90 Å². The summed E-state index contributed by atoms with van der Waals surface area (Å²) in [6.07, 6.45) is -0.0375. The molecule has 2 aromatic carbocycles. The molecular weight excluding hydrogens is 368 g/mol. The summed E-state index contributed by atoms with van der Waals surface area (Å²) >= 11 is 0. The zero-order valence-electron chi connectivity index (χ0n) is 17.2. The smallest absolute Gasteiger partial charge is 0.411 e. The number of nitrogens with zero attached hydrogens (tertiary/aromatic N) is 1.